The van der Waals surface area contributed by atoms with Gasteiger partial charge in [0.25, 0.3) is 0 Å². The lowest BCUT2D eigenvalue weighted by Crippen LogP contribution is -2.35. The number of carbonyl (C=O) groups is 1. The zero-order valence-electron chi connectivity index (χ0n) is 24.2. The molecule has 2 aromatic heterocycles. The number of esters is 1. The van der Waals surface area contributed by atoms with E-state index in [0.29, 0.717) is 48.7 Å². The topological polar surface area (TPSA) is 101 Å². The van der Waals surface area contributed by atoms with E-state index in [-0.39, 0.29) is 36.5 Å². The molecule has 2 unspecified atom stereocenters. The van der Waals surface area contributed by atoms with Gasteiger partial charge >= 0.3 is 5.97 Å². The van der Waals surface area contributed by atoms with Crippen LogP contribution in [0.5, 0.6) is 5.88 Å². The number of aliphatic hydroxyl groups is 1. The number of pyridine rings is 1. The Bertz CT molecular complexity index is 1510. The third kappa shape index (κ3) is 5.46. The van der Waals surface area contributed by atoms with Crippen molar-refractivity contribution >= 4 is 22.6 Å². The zero-order valence-corrected chi connectivity index (χ0v) is 24.2. The van der Waals surface area contributed by atoms with Gasteiger partial charge in [-0.2, -0.15) is 0 Å². The number of allylic oxidation sites excluding steroid dienone is 2. The fourth-order valence-electron chi connectivity index (χ4n) is 6.73. The van der Waals surface area contributed by atoms with Crippen LogP contribution in [0.2, 0.25) is 0 Å². The maximum atomic E-state index is 15.7. The summed E-state index contributed by atoms with van der Waals surface area (Å²) in [5.74, 6) is -0.129. The average molecular weight is 593 g/mol. The molecule has 4 aliphatic rings. The molecular weight excluding hydrogens is 555 g/mol. The van der Waals surface area contributed by atoms with Crippen LogP contribution in [0.25, 0.3) is 27.9 Å². The largest absolute Gasteiger partial charge is 0.470 e. The van der Waals surface area contributed by atoms with E-state index in [1.807, 2.05) is 41.8 Å². The van der Waals surface area contributed by atoms with Gasteiger partial charge in [0.05, 0.1) is 36.8 Å². The molecule has 0 amide bonds. The van der Waals surface area contributed by atoms with Gasteiger partial charge in [-0.3, -0.25) is 9.36 Å². The van der Waals surface area contributed by atoms with Crippen LogP contribution in [-0.2, 0) is 23.7 Å². The number of aromatic nitrogens is 2. The monoisotopic (exact) mass is 592 g/mol. The summed E-state index contributed by atoms with van der Waals surface area (Å²) in [4.78, 5) is 16.9. The molecule has 1 N–H and O–H groups in total. The van der Waals surface area contributed by atoms with E-state index < -0.39 is 24.1 Å². The van der Waals surface area contributed by atoms with Gasteiger partial charge in [0.15, 0.2) is 17.8 Å². The Morgan fingerprint density at radius 3 is 2.63 bits per heavy atom. The van der Waals surface area contributed by atoms with Crippen molar-refractivity contribution in [3.8, 4) is 17.1 Å². The molecule has 0 bridgehead atoms. The minimum absolute atomic E-state index is 0.0897. The maximum absolute atomic E-state index is 15.7. The second kappa shape index (κ2) is 12.0. The summed E-state index contributed by atoms with van der Waals surface area (Å²) in [6.07, 6.45) is 4.91. The highest BCUT2D eigenvalue weighted by atomic mass is 19.1. The van der Waals surface area contributed by atoms with Crippen molar-refractivity contribution in [1.82, 2.24) is 9.55 Å². The number of rotatable bonds is 7. The van der Waals surface area contributed by atoms with E-state index in [4.69, 9.17) is 28.7 Å². The smallest absolute Gasteiger partial charge is 0.309 e. The number of carbonyl (C=O) groups excluding carboxylic acids is 1. The number of hydrogen-bond acceptors (Lipinski definition) is 8. The zero-order chi connectivity index (χ0) is 29.5. The van der Waals surface area contributed by atoms with Gasteiger partial charge in [0.2, 0.25) is 0 Å². The highest BCUT2D eigenvalue weighted by Gasteiger charge is 2.49. The molecule has 6 atom stereocenters. The summed E-state index contributed by atoms with van der Waals surface area (Å²) in [7, 11) is 0. The first-order valence-electron chi connectivity index (χ1n) is 15.4. The normalized spacial score (nSPS) is 29.0. The van der Waals surface area contributed by atoms with Gasteiger partial charge < -0.3 is 28.8 Å². The Kier molecular flexibility index (Phi) is 7.94. The lowest BCUT2D eigenvalue weighted by atomic mass is 9.86. The summed E-state index contributed by atoms with van der Waals surface area (Å²) in [5, 5.41) is 10.2. The molecule has 1 aliphatic carbocycles. The SMILES string of the molecule is CCOC(=O)C1CC=C(c2ccc(-c3nc4cc(O[C@@H]5CO[C@H]6[C@@H]5OC[C@H]6O)n(C5CCCCO5)c4cc3F)cc2)CC1. The average Bonchev–Trinajstić information content (AvgIpc) is 3.72. The maximum Gasteiger partial charge on any atom is 0.309 e. The highest BCUT2D eigenvalue weighted by molar-refractivity contribution is 5.82. The van der Waals surface area contributed by atoms with Crippen molar-refractivity contribution < 1.29 is 38.0 Å². The quantitative estimate of drug-likeness (QED) is 0.374. The highest BCUT2D eigenvalue weighted by Crippen LogP contribution is 2.39. The van der Waals surface area contributed by atoms with Crippen LogP contribution >= 0.6 is 0 Å². The molecule has 9 nitrogen and oxygen atoms in total. The number of halogens is 1. The molecule has 3 fully saturated rings. The minimum atomic E-state index is -0.674. The van der Waals surface area contributed by atoms with Gasteiger partial charge in [-0.1, -0.05) is 30.3 Å². The predicted molar refractivity (Wildman–Crippen MR) is 156 cm³/mol. The van der Waals surface area contributed by atoms with Crippen LogP contribution in [0, 0.1) is 11.7 Å². The van der Waals surface area contributed by atoms with Gasteiger partial charge in [0, 0.05) is 24.3 Å². The molecular formula is C33H37FN2O7. The molecule has 1 aromatic carbocycles. The second-order valence-corrected chi connectivity index (χ2v) is 11.7. The standard InChI is InChI=1S/C33H37FN2O7/c1-2-39-33(38)22-12-8-20(9-13-22)19-6-10-21(11-7-19)30-23(34)15-25-24(35-30)16-29(36(25)28-5-3-4-14-40-28)43-27-18-42-31-26(37)17-41-32(27)31/h6-8,10-11,15-16,22,26-28,31-32,37H,2-5,9,12-14,17-18H2,1H3/t22?,26-,27-,28?,31-,32-/m1/s1. The minimum Gasteiger partial charge on any atom is -0.470 e. The Labute approximate surface area is 249 Å². The summed E-state index contributed by atoms with van der Waals surface area (Å²) in [5.41, 5.74) is 4.38. The molecule has 0 saturated carbocycles. The van der Waals surface area contributed by atoms with Gasteiger partial charge in [-0.15, -0.1) is 0 Å². The molecule has 228 valence electrons. The number of ether oxygens (including phenoxy) is 5. The Morgan fingerprint density at radius 2 is 1.88 bits per heavy atom. The van der Waals surface area contributed by atoms with Crippen molar-refractivity contribution in [2.45, 2.75) is 76.1 Å². The van der Waals surface area contributed by atoms with E-state index in [1.54, 1.807) is 0 Å². The first kappa shape index (κ1) is 28.5. The van der Waals surface area contributed by atoms with Crippen molar-refractivity contribution in [2.75, 3.05) is 26.4 Å². The number of nitrogens with zero attached hydrogens (tertiary/aromatic N) is 2. The van der Waals surface area contributed by atoms with Crippen LogP contribution in [0.15, 0.2) is 42.5 Å². The molecule has 0 spiro atoms. The fraction of sp³-hybridized carbons (Fsp3) is 0.515. The molecule has 3 aliphatic heterocycles. The van der Waals surface area contributed by atoms with E-state index in [9.17, 15) is 9.90 Å². The second-order valence-electron chi connectivity index (χ2n) is 11.7. The summed E-state index contributed by atoms with van der Waals surface area (Å²) in [6.45, 7) is 3.34. The Morgan fingerprint density at radius 1 is 1.07 bits per heavy atom. The van der Waals surface area contributed by atoms with Crippen molar-refractivity contribution in [3.63, 3.8) is 0 Å². The van der Waals surface area contributed by atoms with Crippen LogP contribution in [-0.4, -0.2) is 71.5 Å². The number of aliphatic hydroxyl groups excluding tert-OH is 1. The molecule has 43 heavy (non-hydrogen) atoms. The number of fused-ring (bicyclic) bond motifs is 2. The molecule has 10 heteroatoms. The third-order valence-corrected chi connectivity index (χ3v) is 9.00. The fourth-order valence-corrected chi connectivity index (χ4v) is 6.73. The molecule has 5 heterocycles. The summed E-state index contributed by atoms with van der Waals surface area (Å²) in [6, 6.07) is 11.1. The predicted octanol–water partition coefficient (Wildman–Crippen LogP) is 5.19. The Hall–Kier alpha value is -3.31. The Balaban J connectivity index is 1.16. The number of hydrogen-bond donors (Lipinski definition) is 1. The van der Waals surface area contributed by atoms with E-state index in [0.717, 1.165) is 37.7 Å². The van der Waals surface area contributed by atoms with Crippen LogP contribution < -0.4 is 4.74 Å². The lowest BCUT2D eigenvalue weighted by molar-refractivity contribution is -0.148. The van der Waals surface area contributed by atoms with Gasteiger partial charge in [-0.25, -0.2) is 9.37 Å². The van der Waals surface area contributed by atoms with Crippen LogP contribution in [0.3, 0.4) is 0 Å². The summed E-state index contributed by atoms with van der Waals surface area (Å²) < 4.78 is 46.9. The summed E-state index contributed by atoms with van der Waals surface area (Å²) >= 11 is 0. The number of benzene rings is 1. The third-order valence-electron chi connectivity index (χ3n) is 9.00. The van der Waals surface area contributed by atoms with Crippen LogP contribution in [0.4, 0.5) is 4.39 Å². The lowest BCUT2D eigenvalue weighted by Gasteiger charge is -2.27. The molecule has 0 radical (unpaired) electrons. The van der Waals surface area contributed by atoms with Gasteiger partial charge in [0.1, 0.15) is 30.2 Å². The van der Waals surface area contributed by atoms with Crippen molar-refractivity contribution in [1.29, 1.82) is 0 Å². The first-order chi connectivity index (χ1) is 21.0. The van der Waals surface area contributed by atoms with Gasteiger partial charge in [-0.05, 0) is 56.6 Å². The van der Waals surface area contributed by atoms with E-state index in [2.05, 4.69) is 6.08 Å². The van der Waals surface area contributed by atoms with Crippen molar-refractivity contribution in [2.24, 2.45) is 5.92 Å². The van der Waals surface area contributed by atoms with Crippen LogP contribution in [0.1, 0.15) is 57.2 Å². The van der Waals surface area contributed by atoms with E-state index in [1.165, 1.54) is 11.6 Å². The van der Waals surface area contributed by atoms with Crippen molar-refractivity contribution in [3.05, 3.63) is 53.9 Å². The first-order valence-corrected chi connectivity index (χ1v) is 15.4. The van der Waals surface area contributed by atoms with E-state index >= 15 is 4.39 Å². The molecule has 3 aromatic rings. The molecule has 3 saturated heterocycles. The molecule has 7 rings (SSSR count).